The molecule has 0 aliphatic carbocycles. The minimum Gasteiger partial charge on any atom is -0.491 e. The van der Waals surface area contributed by atoms with Crippen molar-refractivity contribution in [2.75, 3.05) is 12.3 Å². The Bertz CT molecular complexity index is 660. The van der Waals surface area contributed by atoms with Crippen LogP contribution in [0.1, 0.15) is 6.23 Å². The molecule has 4 atom stereocenters. The molecule has 21 heavy (non-hydrogen) atoms. The van der Waals surface area contributed by atoms with Gasteiger partial charge in [-0.15, -0.1) is 0 Å². The monoisotopic (exact) mass is 293 g/mol. The van der Waals surface area contributed by atoms with Crippen molar-refractivity contribution in [1.29, 1.82) is 0 Å². The van der Waals surface area contributed by atoms with Crippen LogP contribution in [0.15, 0.2) is 25.5 Å². The van der Waals surface area contributed by atoms with Gasteiger partial charge in [-0.1, -0.05) is 6.58 Å². The van der Waals surface area contributed by atoms with E-state index in [0.29, 0.717) is 11.2 Å². The Morgan fingerprint density at radius 3 is 3.00 bits per heavy atom. The molecule has 0 radical (unpaired) electrons. The maximum atomic E-state index is 10.1. The van der Waals surface area contributed by atoms with Gasteiger partial charge in [0.2, 0.25) is 0 Å². The molecule has 3 heterocycles. The Morgan fingerprint density at radius 2 is 2.29 bits per heavy atom. The highest BCUT2D eigenvalue weighted by Crippen LogP contribution is 2.33. The number of hydrogen-bond donors (Lipinski definition) is 3. The van der Waals surface area contributed by atoms with E-state index in [9.17, 15) is 10.2 Å². The van der Waals surface area contributed by atoms with Gasteiger partial charge < -0.3 is 25.4 Å². The van der Waals surface area contributed by atoms with E-state index in [0.717, 1.165) is 0 Å². The first-order chi connectivity index (χ1) is 10.2. The molecule has 1 aliphatic rings. The number of aliphatic hydroxyl groups is 2. The number of aliphatic hydroxyl groups excluding tert-OH is 2. The second-order valence-electron chi connectivity index (χ2n) is 4.59. The zero-order chi connectivity index (χ0) is 15.0. The number of nitrogen functional groups attached to an aromatic ring is 1. The molecule has 2 unspecified atom stereocenters. The van der Waals surface area contributed by atoms with Crippen LogP contribution in [0.3, 0.4) is 0 Å². The highest BCUT2D eigenvalue weighted by atomic mass is 16.6. The van der Waals surface area contributed by atoms with Crippen molar-refractivity contribution in [3.8, 4) is 0 Å². The molecule has 4 N–H and O–H groups in total. The maximum absolute atomic E-state index is 10.1. The Morgan fingerprint density at radius 1 is 1.48 bits per heavy atom. The standard InChI is InChI=1S/C12H15N5O4/c1-2-20-9-8(19)6(3-18)21-12(9)17-5-16-7-10(13)14-4-15-11(7)17/h2,4-6,8-9,12,18-19H,1,3H2,(H2,13,14,15)/t6-,8?,9?,12-/m1/s1. The lowest BCUT2D eigenvalue weighted by atomic mass is 10.1. The van der Waals surface area contributed by atoms with Gasteiger partial charge in [0.05, 0.1) is 19.2 Å². The summed E-state index contributed by atoms with van der Waals surface area (Å²) in [7, 11) is 0. The summed E-state index contributed by atoms with van der Waals surface area (Å²) in [4.78, 5) is 12.1. The molecule has 0 saturated carbocycles. The van der Waals surface area contributed by atoms with Crippen LogP contribution in [-0.2, 0) is 9.47 Å². The molecule has 3 rings (SSSR count). The third-order valence-electron chi connectivity index (χ3n) is 3.41. The summed E-state index contributed by atoms with van der Waals surface area (Å²) in [5.74, 6) is 0.247. The Kier molecular flexibility index (Phi) is 3.45. The van der Waals surface area contributed by atoms with Gasteiger partial charge in [-0.3, -0.25) is 4.57 Å². The first kappa shape index (κ1) is 13.7. The SMILES string of the molecule is C=COC1C(O)[C@@H](CO)O[C@H]1n1cnc2c(N)ncnc21. The van der Waals surface area contributed by atoms with Crippen LogP contribution in [0.4, 0.5) is 5.82 Å². The second-order valence-corrected chi connectivity index (χ2v) is 4.59. The number of aromatic nitrogens is 4. The summed E-state index contributed by atoms with van der Waals surface area (Å²) < 4.78 is 12.5. The van der Waals surface area contributed by atoms with Gasteiger partial charge in [-0.05, 0) is 0 Å². The van der Waals surface area contributed by atoms with E-state index in [4.69, 9.17) is 15.2 Å². The second kappa shape index (κ2) is 5.28. The van der Waals surface area contributed by atoms with E-state index in [1.807, 2.05) is 0 Å². The summed E-state index contributed by atoms with van der Waals surface area (Å²) in [5.41, 5.74) is 6.62. The predicted molar refractivity (Wildman–Crippen MR) is 71.8 cm³/mol. The molecule has 1 saturated heterocycles. The van der Waals surface area contributed by atoms with Crippen molar-refractivity contribution in [3.05, 3.63) is 25.5 Å². The fourth-order valence-electron chi connectivity index (χ4n) is 2.41. The molecule has 2 aromatic rings. The third kappa shape index (κ3) is 2.11. The molecule has 0 amide bonds. The fraction of sp³-hybridized carbons (Fsp3) is 0.417. The molecule has 0 spiro atoms. The minimum atomic E-state index is -1.00. The molecule has 9 nitrogen and oxygen atoms in total. The van der Waals surface area contributed by atoms with Crippen LogP contribution in [0.5, 0.6) is 0 Å². The maximum Gasteiger partial charge on any atom is 0.176 e. The number of fused-ring (bicyclic) bond motifs is 1. The predicted octanol–water partition coefficient (Wildman–Crippen LogP) is -0.812. The van der Waals surface area contributed by atoms with Gasteiger partial charge in [-0.25, -0.2) is 15.0 Å². The van der Waals surface area contributed by atoms with Gasteiger partial charge in [-0.2, -0.15) is 0 Å². The summed E-state index contributed by atoms with van der Waals surface area (Å²) in [5, 5.41) is 19.4. The van der Waals surface area contributed by atoms with Crippen molar-refractivity contribution in [2.24, 2.45) is 0 Å². The van der Waals surface area contributed by atoms with Gasteiger partial charge in [0.15, 0.2) is 23.8 Å². The molecule has 0 bridgehead atoms. The number of imidazole rings is 1. The zero-order valence-corrected chi connectivity index (χ0v) is 11.0. The molecule has 1 fully saturated rings. The van der Waals surface area contributed by atoms with E-state index in [1.54, 1.807) is 4.57 Å². The van der Waals surface area contributed by atoms with Gasteiger partial charge >= 0.3 is 0 Å². The molecule has 1 aliphatic heterocycles. The van der Waals surface area contributed by atoms with Crippen LogP contribution in [-0.4, -0.2) is 54.7 Å². The lowest BCUT2D eigenvalue weighted by Gasteiger charge is -2.20. The highest BCUT2D eigenvalue weighted by molar-refractivity contribution is 5.81. The van der Waals surface area contributed by atoms with E-state index in [2.05, 4.69) is 21.5 Å². The third-order valence-corrected chi connectivity index (χ3v) is 3.41. The van der Waals surface area contributed by atoms with Crippen LogP contribution in [0.2, 0.25) is 0 Å². The van der Waals surface area contributed by atoms with Crippen molar-refractivity contribution in [1.82, 2.24) is 19.5 Å². The molecule has 2 aromatic heterocycles. The normalized spacial score (nSPS) is 28.9. The van der Waals surface area contributed by atoms with Gasteiger partial charge in [0.1, 0.15) is 24.1 Å². The topological polar surface area (TPSA) is 129 Å². The van der Waals surface area contributed by atoms with E-state index >= 15 is 0 Å². The average Bonchev–Trinajstić information content (AvgIpc) is 3.03. The number of nitrogens with zero attached hydrogens (tertiary/aromatic N) is 4. The van der Waals surface area contributed by atoms with E-state index in [-0.39, 0.29) is 12.4 Å². The Hall–Kier alpha value is -2.23. The van der Waals surface area contributed by atoms with E-state index < -0.39 is 24.5 Å². The van der Waals surface area contributed by atoms with Crippen molar-refractivity contribution >= 4 is 17.0 Å². The molecular formula is C12H15N5O4. The quantitative estimate of drug-likeness (QED) is 0.624. The van der Waals surface area contributed by atoms with Crippen LogP contribution < -0.4 is 5.73 Å². The van der Waals surface area contributed by atoms with Crippen molar-refractivity contribution in [3.63, 3.8) is 0 Å². The fourth-order valence-corrected chi connectivity index (χ4v) is 2.41. The first-order valence-electron chi connectivity index (χ1n) is 6.31. The Balaban J connectivity index is 2.04. The minimum absolute atomic E-state index is 0.247. The summed E-state index contributed by atoms with van der Waals surface area (Å²) in [6.07, 6.45) is 0.779. The number of ether oxygens (including phenoxy) is 2. The summed E-state index contributed by atoms with van der Waals surface area (Å²) in [6, 6.07) is 0. The largest absolute Gasteiger partial charge is 0.491 e. The molecule has 9 heteroatoms. The average molecular weight is 293 g/mol. The van der Waals surface area contributed by atoms with Crippen LogP contribution >= 0.6 is 0 Å². The van der Waals surface area contributed by atoms with Crippen molar-refractivity contribution < 1.29 is 19.7 Å². The molecular weight excluding hydrogens is 278 g/mol. The number of nitrogens with two attached hydrogens (primary N) is 1. The molecule has 0 aromatic carbocycles. The number of anilines is 1. The lowest BCUT2D eigenvalue weighted by Crippen LogP contribution is -2.34. The molecule has 112 valence electrons. The smallest absolute Gasteiger partial charge is 0.176 e. The number of hydrogen-bond acceptors (Lipinski definition) is 8. The van der Waals surface area contributed by atoms with Gasteiger partial charge in [0.25, 0.3) is 0 Å². The Labute approximate surface area is 119 Å². The highest BCUT2D eigenvalue weighted by Gasteiger charge is 2.46. The first-order valence-corrected chi connectivity index (χ1v) is 6.31. The van der Waals surface area contributed by atoms with Crippen molar-refractivity contribution in [2.45, 2.75) is 24.5 Å². The lowest BCUT2D eigenvalue weighted by molar-refractivity contribution is -0.0527. The van der Waals surface area contributed by atoms with Gasteiger partial charge in [0, 0.05) is 0 Å². The number of rotatable bonds is 4. The summed E-state index contributed by atoms with van der Waals surface area (Å²) in [6.45, 7) is 3.14. The van der Waals surface area contributed by atoms with Crippen LogP contribution in [0.25, 0.3) is 11.2 Å². The van der Waals surface area contributed by atoms with E-state index in [1.165, 1.54) is 18.9 Å². The van der Waals surface area contributed by atoms with Crippen LogP contribution in [0, 0.1) is 0 Å². The zero-order valence-electron chi connectivity index (χ0n) is 11.0. The summed E-state index contributed by atoms with van der Waals surface area (Å²) >= 11 is 0.